The maximum Gasteiger partial charge on any atom is 0.435 e. The largest absolute Gasteiger partial charge is 0.435 e. The number of nitrogens with zero attached hydrogens (tertiary/aromatic N) is 2. The SMILES string of the molecule is O=c1c(Cl)c(C(F)(F)F)nc(Nc2ccc(C(F)(F)F)cc2C(F)(F)F)n1-c1ccccc1. The van der Waals surface area contributed by atoms with Crippen molar-refractivity contribution in [3.63, 3.8) is 0 Å². The van der Waals surface area contributed by atoms with E-state index in [-0.39, 0.29) is 11.8 Å². The highest BCUT2D eigenvalue weighted by atomic mass is 35.5. The molecule has 1 aromatic heterocycles. The molecule has 1 heterocycles. The van der Waals surface area contributed by atoms with Crippen LogP contribution in [0.1, 0.15) is 16.8 Å². The summed E-state index contributed by atoms with van der Waals surface area (Å²) in [6.07, 6.45) is -15.7. The lowest BCUT2D eigenvalue weighted by atomic mass is 10.1. The van der Waals surface area contributed by atoms with Gasteiger partial charge >= 0.3 is 18.5 Å². The average molecular weight is 502 g/mol. The minimum atomic E-state index is -5.33. The third kappa shape index (κ3) is 5.07. The minimum Gasteiger partial charge on any atom is -0.325 e. The van der Waals surface area contributed by atoms with Crippen LogP contribution < -0.4 is 10.9 Å². The minimum absolute atomic E-state index is 0.117. The normalized spacial score (nSPS) is 12.7. The number of rotatable bonds is 3. The fourth-order valence-corrected chi connectivity index (χ4v) is 3.01. The van der Waals surface area contributed by atoms with Gasteiger partial charge in [0.15, 0.2) is 5.69 Å². The van der Waals surface area contributed by atoms with Gasteiger partial charge in [-0.25, -0.2) is 9.55 Å². The van der Waals surface area contributed by atoms with E-state index in [1.54, 1.807) is 0 Å². The number of nitrogens with one attached hydrogen (secondary N) is 1. The van der Waals surface area contributed by atoms with Crippen molar-refractivity contribution in [1.82, 2.24) is 9.55 Å². The summed E-state index contributed by atoms with van der Waals surface area (Å²) in [5.41, 5.74) is -8.01. The van der Waals surface area contributed by atoms with Crippen LogP contribution in [0.15, 0.2) is 53.3 Å². The van der Waals surface area contributed by atoms with E-state index in [9.17, 15) is 44.3 Å². The topological polar surface area (TPSA) is 46.9 Å². The molecule has 0 aliphatic heterocycles. The smallest absolute Gasteiger partial charge is 0.325 e. The fraction of sp³-hybridized carbons (Fsp3) is 0.158. The number of hydrogen-bond acceptors (Lipinski definition) is 3. The molecule has 14 heteroatoms. The van der Waals surface area contributed by atoms with Crippen molar-refractivity contribution in [3.05, 3.63) is 80.7 Å². The van der Waals surface area contributed by atoms with Gasteiger partial charge in [-0.15, -0.1) is 0 Å². The van der Waals surface area contributed by atoms with E-state index in [1.807, 2.05) is 5.32 Å². The number of aromatic nitrogens is 2. The van der Waals surface area contributed by atoms with Crippen molar-refractivity contribution in [1.29, 1.82) is 0 Å². The van der Waals surface area contributed by atoms with Crippen LogP contribution >= 0.6 is 11.6 Å². The Balaban J connectivity index is 2.29. The van der Waals surface area contributed by atoms with Crippen molar-refractivity contribution in [3.8, 4) is 5.69 Å². The average Bonchev–Trinajstić information content (AvgIpc) is 2.69. The number of para-hydroxylation sites is 1. The Kier molecular flexibility index (Phi) is 6.13. The molecule has 0 unspecified atom stereocenters. The number of alkyl halides is 9. The summed E-state index contributed by atoms with van der Waals surface area (Å²) in [4.78, 5) is 15.8. The molecule has 2 aromatic carbocycles. The standard InChI is InChI=1S/C19H9ClF9N3O/c20-13-14(19(27,28)29)31-16(32(15(13)33)10-4-2-1-3-5-10)30-12-7-6-9(17(21,22)23)8-11(12)18(24,25)26/h1-8H,(H,30,31). The van der Waals surface area contributed by atoms with Crippen molar-refractivity contribution >= 4 is 23.2 Å². The summed E-state index contributed by atoms with van der Waals surface area (Å²) in [5, 5.41) is 0.564. The van der Waals surface area contributed by atoms with Gasteiger partial charge in [-0.1, -0.05) is 29.8 Å². The first-order valence-electron chi connectivity index (χ1n) is 8.61. The van der Waals surface area contributed by atoms with E-state index >= 15 is 0 Å². The molecular weight excluding hydrogens is 493 g/mol. The Hall–Kier alpha value is -3.22. The molecule has 1 N–H and O–H groups in total. The van der Waals surface area contributed by atoms with Gasteiger partial charge in [0, 0.05) is 0 Å². The molecule has 0 fully saturated rings. The van der Waals surface area contributed by atoms with Gasteiger partial charge in [0.05, 0.1) is 22.5 Å². The van der Waals surface area contributed by atoms with Crippen LogP contribution in [0.5, 0.6) is 0 Å². The number of halogens is 10. The highest BCUT2D eigenvalue weighted by Gasteiger charge is 2.40. The van der Waals surface area contributed by atoms with Crippen LogP contribution in [0.4, 0.5) is 51.1 Å². The van der Waals surface area contributed by atoms with Crippen LogP contribution in [0.3, 0.4) is 0 Å². The molecule has 0 aliphatic carbocycles. The Labute approximate surface area is 183 Å². The lowest BCUT2D eigenvalue weighted by molar-refractivity contribution is -0.143. The third-order valence-electron chi connectivity index (χ3n) is 4.21. The highest BCUT2D eigenvalue weighted by molar-refractivity contribution is 6.31. The molecule has 0 bridgehead atoms. The van der Waals surface area contributed by atoms with E-state index in [1.165, 1.54) is 30.3 Å². The fourth-order valence-electron chi connectivity index (χ4n) is 2.77. The molecule has 3 aromatic rings. The van der Waals surface area contributed by atoms with E-state index in [0.29, 0.717) is 16.7 Å². The second-order valence-electron chi connectivity index (χ2n) is 6.45. The van der Waals surface area contributed by atoms with Crippen LogP contribution in [-0.4, -0.2) is 9.55 Å². The molecule has 0 amide bonds. The van der Waals surface area contributed by atoms with Crippen molar-refractivity contribution in [2.75, 3.05) is 5.32 Å². The molecule has 0 atom stereocenters. The molecule has 0 aliphatic rings. The zero-order valence-corrected chi connectivity index (χ0v) is 16.5. The number of hydrogen-bond donors (Lipinski definition) is 1. The van der Waals surface area contributed by atoms with E-state index in [2.05, 4.69) is 4.98 Å². The molecule has 0 spiro atoms. The van der Waals surface area contributed by atoms with Gasteiger partial charge < -0.3 is 5.32 Å². The molecule has 3 rings (SSSR count). The van der Waals surface area contributed by atoms with Crippen LogP contribution in [0.25, 0.3) is 5.69 Å². The molecule has 4 nitrogen and oxygen atoms in total. The molecule has 176 valence electrons. The maximum absolute atomic E-state index is 13.5. The van der Waals surface area contributed by atoms with Crippen LogP contribution in [0, 0.1) is 0 Å². The van der Waals surface area contributed by atoms with E-state index < -0.39 is 57.6 Å². The summed E-state index contributed by atoms with van der Waals surface area (Å²) in [5.74, 6) is -1.05. The Morgan fingerprint density at radius 1 is 0.818 bits per heavy atom. The van der Waals surface area contributed by atoms with Crippen molar-refractivity contribution in [2.24, 2.45) is 0 Å². The molecule has 0 saturated heterocycles. The van der Waals surface area contributed by atoms with Crippen LogP contribution in [-0.2, 0) is 18.5 Å². The van der Waals surface area contributed by atoms with Gasteiger partial charge in [0.2, 0.25) is 5.95 Å². The predicted octanol–water partition coefficient (Wildman–Crippen LogP) is 6.69. The lowest BCUT2D eigenvalue weighted by Gasteiger charge is -2.20. The van der Waals surface area contributed by atoms with Crippen molar-refractivity contribution < 1.29 is 39.5 Å². The predicted molar refractivity (Wildman–Crippen MR) is 99.6 cm³/mol. The lowest BCUT2D eigenvalue weighted by Crippen LogP contribution is -2.27. The first kappa shape index (κ1) is 24.4. The third-order valence-corrected chi connectivity index (χ3v) is 4.55. The zero-order valence-electron chi connectivity index (χ0n) is 15.7. The number of benzene rings is 2. The van der Waals surface area contributed by atoms with E-state index in [4.69, 9.17) is 11.6 Å². The van der Waals surface area contributed by atoms with Gasteiger partial charge in [-0.05, 0) is 30.3 Å². The molecular formula is C19H9ClF9N3O. The second kappa shape index (κ2) is 8.28. The van der Waals surface area contributed by atoms with Gasteiger partial charge in [-0.2, -0.15) is 39.5 Å². The van der Waals surface area contributed by atoms with Gasteiger partial charge in [-0.3, -0.25) is 4.79 Å². The van der Waals surface area contributed by atoms with Gasteiger partial charge in [0.1, 0.15) is 5.02 Å². The molecule has 0 radical (unpaired) electrons. The summed E-state index contributed by atoms with van der Waals surface area (Å²) < 4.78 is 119. The summed E-state index contributed by atoms with van der Waals surface area (Å²) in [6, 6.07) is 7.14. The Morgan fingerprint density at radius 2 is 1.42 bits per heavy atom. The van der Waals surface area contributed by atoms with E-state index in [0.717, 1.165) is 0 Å². The zero-order chi connectivity index (χ0) is 24.8. The summed E-state index contributed by atoms with van der Waals surface area (Å²) >= 11 is 5.53. The molecule has 33 heavy (non-hydrogen) atoms. The monoisotopic (exact) mass is 501 g/mol. The first-order chi connectivity index (χ1) is 15.1. The Bertz CT molecular complexity index is 1230. The van der Waals surface area contributed by atoms with Gasteiger partial charge in [0.25, 0.3) is 5.56 Å². The quantitative estimate of drug-likeness (QED) is 0.407. The highest BCUT2D eigenvalue weighted by Crippen LogP contribution is 2.40. The van der Waals surface area contributed by atoms with Crippen LogP contribution in [0.2, 0.25) is 5.02 Å². The molecule has 0 saturated carbocycles. The summed E-state index contributed by atoms with van der Waals surface area (Å²) in [7, 11) is 0. The second-order valence-corrected chi connectivity index (χ2v) is 6.83. The number of anilines is 2. The maximum atomic E-state index is 13.5. The summed E-state index contributed by atoms with van der Waals surface area (Å²) in [6.45, 7) is 0. The first-order valence-corrected chi connectivity index (χ1v) is 8.99. The van der Waals surface area contributed by atoms with Crippen molar-refractivity contribution in [2.45, 2.75) is 18.5 Å². The Morgan fingerprint density at radius 3 is 1.94 bits per heavy atom.